The zero-order valence-electron chi connectivity index (χ0n) is 11.4. The summed E-state index contributed by atoms with van der Waals surface area (Å²) >= 11 is 0. The SMILES string of the molecule is O=C1NC(=O)C2(CCN(C(=O)C3CC4CC4C3)CC2)N1. The van der Waals surface area contributed by atoms with Gasteiger partial charge in [0.05, 0.1) is 0 Å². The number of nitrogens with one attached hydrogen (secondary N) is 2. The van der Waals surface area contributed by atoms with Crippen LogP contribution in [0.15, 0.2) is 0 Å². The van der Waals surface area contributed by atoms with E-state index < -0.39 is 11.6 Å². The van der Waals surface area contributed by atoms with Gasteiger partial charge in [-0.1, -0.05) is 0 Å². The minimum absolute atomic E-state index is 0.208. The summed E-state index contributed by atoms with van der Waals surface area (Å²) in [4.78, 5) is 37.5. The van der Waals surface area contributed by atoms with Gasteiger partial charge in [0.2, 0.25) is 5.91 Å². The van der Waals surface area contributed by atoms with E-state index in [1.807, 2.05) is 4.90 Å². The molecule has 0 aromatic rings. The second kappa shape index (κ2) is 3.96. The Kier molecular flexibility index (Phi) is 2.41. The minimum atomic E-state index is -0.772. The highest BCUT2D eigenvalue weighted by molar-refractivity contribution is 6.07. The molecule has 4 rings (SSSR count). The molecule has 0 radical (unpaired) electrons. The average molecular weight is 277 g/mol. The maximum Gasteiger partial charge on any atom is 0.322 e. The maximum atomic E-state index is 12.5. The van der Waals surface area contributed by atoms with Crippen molar-refractivity contribution < 1.29 is 14.4 Å². The zero-order chi connectivity index (χ0) is 13.9. The van der Waals surface area contributed by atoms with Crippen LogP contribution in [0.3, 0.4) is 0 Å². The number of hydrogen-bond acceptors (Lipinski definition) is 3. The Hall–Kier alpha value is -1.59. The third-order valence-electron chi connectivity index (χ3n) is 5.54. The molecule has 20 heavy (non-hydrogen) atoms. The number of hydrogen-bond donors (Lipinski definition) is 2. The Morgan fingerprint density at radius 3 is 2.30 bits per heavy atom. The topological polar surface area (TPSA) is 78.5 Å². The number of nitrogens with zero attached hydrogens (tertiary/aromatic N) is 1. The molecule has 2 heterocycles. The Bertz CT molecular complexity index is 486. The van der Waals surface area contributed by atoms with Crippen molar-refractivity contribution in [1.29, 1.82) is 0 Å². The first-order valence-electron chi connectivity index (χ1n) is 7.50. The summed E-state index contributed by atoms with van der Waals surface area (Å²) < 4.78 is 0. The van der Waals surface area contributed by atoms with Crippen molar-refractivity contribution in [2.75, 3.05) is 13.1 Å². The average Bonchev–Trinajstić information content (AvgIpc) is 2.94. The Morgan fingerprint density at radius 2 is 1.75 bits per heavy atom. The highest BCUT2D eigenvalue weighted by atomic mass is 16.2. The summed E-state index contributed by atoms with van der Waals surface area (Å²) in [6.07, 6.45) is 4.48. The molecule has 2 unspecified atom stereocenters. The molecule has 1 spiro atoms. The molecule has 2 atom stereocenters. The van der Waals surface area contributed by atoms with Crippen molar-refractivity contribution in [3.8, 4) is 0 Å². The van der Waals surface area contributed by atoms with Crippen LogP contribution in [0.5, 0.6) is 0 Å². The fourth-order valence-electron chi connectivity index (χ4n) is 4.16. The predicted octanol–water partition coefficient (Wildman–Crippen LogP) is 0.233. The van der Waals surface area contributed by atoms with Gasteiger partial charge in [-0.2, -0.15) is 0 Å². The lowest BCUT2D eigenvalue weighted by atomic mass is 9.87. The van der Waals surface area contributed by atoms with Crippen LogP contribution in [0.1, 0.15) is 32.1 Å². The number of fused-ring (bicyclic) bond motifs is 1. The van der Waals surface area contributed by atoms with E-state index in [0.29, 0.717) is 25.9 Å². The fraction of sp³-hybridized carbons (Fsp3) is 0.786. The van der Waals surface area contributed by atoms with Crippen molar-refractivity contribution in [1.82, 2.24) is 15.5 Å². The van der Waals surface area contributed by atoms with Gasteiger partial charge >= 0.3 is 6.03 Å². The number of piperidine rings is 1. The van der Waals surface area contributed by atoms with Crippen LogP contribution in [0, 0.1) is 17.8 Å². The van der Waals surface area contributed by atoms with E-state index in [2.05, 4.69) is 10.6 Å². The molecule has 0 aromatic carbocycles. The van der Waals surface area contributed by atoms with Crippen molar-refractivity contribution in [2.45, 2.75) is 37.6 Å². The Labute approximate surface area is 117 Å². The number of carbonyl (C=O) groups excluding carboxylic acids is 3. The van der Waals surface area contributed by atoms with E-state index in [4.69, 9.17) is 0 Å². The lowest BCUT2D eigenvalue weighted by molar-refractivity contribution is -0.139. The number of rotatable bonds is 1. The predicted molar refractivity (Wildman–Crippen MR) is 69.5 cm³/mol. The van der Waals surface area contributed by atoms with E-state index >= 15 is 0 Å². The molecule has 0 aromatic heterocycles. The number of urea groups is 1. The van der Waals surface area contributed by atoms with Crippen LogP contribution in [-0.2, 0) is 9.59 Å². The number of imide groups is 1. The van der Waals surface area contributed by atoms with Crippen LogP contribution in [0.4, 0.5) is 4.79 Å². The van der Waals surface area contributed by atoms with Gasteiger partial charge in [0.1, 0.15) is 5.54 Å². The second-order valence-corrected chi connectivity index (χ2v) is 6.74. The summed E-state index contributed by atoms with van der Waals surface area (Å²) in [5.74, 6) is 1.84. The molecular weight excluding hydrogens is 258 g/mol. The van der Waals surface area contributed by atoms with Gasteiger partial charge < -0.3 is 10.2 Å². The number of amides is 4. The molecule has 6 nitrogen and oxygen atoms in total. The molecule has 0 bridgehead atoms. The van der Waals surface area contributed by atoms with Crippen molar-refractivity contribution in [3.63, 3.8) is 0 Å². The zero-order valence-corrected chi connectivity index (χ0v) is 11.4. The smallest absolute Gasteiger partial charge is 0.322 e. The monoisotopic (exact) mass is 277 g/mol. The van der Waals surface area contributed by atoms with Gasteiger partial charge in [0.15, 0.2) is 0 Å². The summed E-state index contributed by atoms with van der Waals surface area (Å²) in [5, 5.41) is 5.02. The van der Waals surface area contributed by atoms with Gasteiger partial charge in [-0.25, -0.2) is 4.79 Å². The van der Waals surface area contributed by atoms with E-state index in [1.54, 1.807) is 0 Å². The van der Waals surface area contributed by atoms with Crippen molar-refractivity contribution >= 4 is 17.8 Å². The number of likely N-dealkylation sites (tertiary alicyclic amines) is 1. The molecule has 2 aliphatic heterocycles. The molecule has 2 aliphatic carbocycles. The van der Waals surface area contributed by atoms with E-state index in [9.17, 15) is 14.4 Å². The summed E-state index contributed by atoms with van der Waals surface area (Å²) in [7, 11) is 0. The standard InChI is InChI=1S/C14H19N3O3/c18-11(10-6-8-5-9(8)7-10)17-3-1-14(2-4-17)12(19)15-13(20)16-14/h8-10H,1-7H2,(H2,15,16,19,20). The molecule has 4 fully saturated rings. The molecule has 2 N–H and O–H groups in total. The van der Waals surface area contributed by atoms with Gasteiger partial charge in [0, 0.05) is 19.0 Å². The quantitative estimate of drug-likeness (QED) is 0.674. The Morgan fingerprint density at radius 1 is 1.10 bits per heavy atom. The van der Waals surface area contributed by atoms with Crippen molar-refractivity contribution in [3.05, 3.63) is 0 Å². The lowest BCUT2D eigenvalue weighted by Crippen LogP contribution is -2.56. The van der Waals surface area contributed by atoms with E-state index in [1.165, 1.54) is 6.42 Å². The molecule has 2 saturated carbocycles. The maximum absolute atomic E-state index is 12.5. The van der Waals surface area contributed by atoms with E-state index in [0.717, 1.165) is 24.7 Å². The third kappa shape index (κ3) is 1.73. The molecule has 2 saturated heterocycles. The van der Waals surface area contributed by atoms with E-state index in [-0.39, 0.29) is 17.7 Å². The van der Waals surface area contributed by atoms with Crippen LogP contribution in [0.2, 0.25) is 0 Å². The fourth-order valence-corrected chi connectivity index (χ4v) is 4.16. The molecule has 6 heteroatoms. The molecule has 4 aliphatic rings. The minimum Gasteiger partial charge on any atom is -0.342 e. The van der Waals surface area contributed by atoms with Gasteiger partial charge in [-0.3, -0.25) is 14.9 Å². The molecule has 108 valence electrons. The second-order valence-electron chi connectivity index (χ2n) is 6.74. The van der Waals surface area contributed by atoms with Crippen LogP contribution >= 0.6 is 0 Å². The van der Waals surface area contributed by atoms with Crippen molar-refractivity contribution in [2.24, 2.45) is 17.8 Å². The first kappa shape index (κ1) is 12.2. The highest BCUT2D eigenvalue weighted by Gasteiger charge is 2.51. The molecular formula is C14H19N3O3. The largest absolute Gasteiger partial charge is 0.342 e. The van der Waals surface area contributed by atoms with Gasteiger partial charge in [-0.05, 0) is 43.9 Å². The third-order valence-corrected chi connectivity index (χ3v) is 5.54. The first-order chi connectivity index (χ1) is 9.57. The van der Waals surface area contributed by atoms with Crippen LogP contribution < -0.4 is 10.6 Å². The first-order valence-corrected chi connectivity index (χ1v) is 7.50. The number of carbonyl (C=O) groups is 3. The lowest BCUT2D eigenvalue weighted by Gasteiger charge is -2.38. The van der Waals surface area contributed by atoms with Gasteiger partial charge in [0.25, 0.3) is 5.91 Å². The van der Waals surface area contributed by atoms with Crippen LogP contribution in [-0.4, -0.2) is 41.4 Å². The highest BCUT2D eigenvalue weighted by Crippen LogP contribution is 2.54. The van der Waals surface area contributed by atoms with Crippen LogP contribution in [0.25, 0.3) is 0 Å². The summed E-state index contributed by atoms with van der Waals surface area (Å²) in [6, 6.07) is -0.411. The summed E-state index contributed by atoms with van der Waals surface area (Å²) in [5.41, 5.74) is -0.772. The Balaban J connectivity index is 1.38. The summed E-state index contributed by atoms with van der Waals surface area (Å²) in [6.45, 7) is 1.14. The van der Waals surface area contributed by atoms with Gasteiger partial charge in [-0.15, -0.1) is 0 Å². The molecule has 4 amide bonds. The normalized spacial score (nSPS) is 37.6.